The standard InChI is InChI=1S/C12H20N2O3/c15-10-11-2-1-3-13(8-11)9-12(16)14-4-6-17-7-5-14/h10-11H,1-9H2. The molecule has 0 N–H and O–H groups in total. The maximum atomic E-state index is 12.0. The number of hydrogen-bond donors (Lipinski definition) is 0. The lowest BCUT2D eigenvalue weighted by atomic mass is 10.00. The molecule has 5 heteroatoms. The Bertz CT molecular complexity index is 277. The minimum atomic E-state index is 0.112. The quantitative estimate of drug-likeness (QED) is 0.639. The van der Waals surface area contributed by atoms with Gasteiger partial charge in [0.2, 0.25) is 5.91 Å². The summed E-state index contributed by atoms with van der Waals surface area (Å²) in [4.78, 5) is 26.7. The molecule has 0 aliphatic carbocycles. The van der Waals surface area contributed by atoms with E-state index in [1.165, 1.54) is 0 Å². The molecule has 17 heavy (non-hydrogen) atoms. The topological polar surface area (TPSA) is 49.9 Å². The number of morpholine rings is 1. The lowest BCUT2D eigenvalue weighted by molar-refractivity contribution is -0.137. The van der Waals surface area contributed by atoms with E-state index in [1.54, 1.807) is 0 Å². The molecular formula is C12H20N2O3. The van der Waals surface area contributed by atoms with Crippen molar-refractivity contribution in [3.63, 3.8) is 0 Å². The molecular weight excluding hydrogens is 220 g/mol. The van der Waals surface area contributed by atoms with Crippen molar-refractivity contribution in [2.24, 2.45) is 5.92 Å². The first kappa shape index (κ1) is 12.5. The number of hydrogen-bond acceptors (Lipinski definition) is 4. The summed E-state index contributed by atoms with van der Waals surface area (Å²) in [7, 11) is 0. The summed E-state index contributed by atoms with van der Waals surface area (Å²) in [6.07, 6.45) is 3.00. The Kier molecular flexibility index (Phi) is 4.50. The molecule has 0 spiro atoms. The number of amides is 1. The Morgan fingerprint density at radius 1 is 1.29 bits per heavy atom. The highest BCUT2D eigenvalue weighted by molar-refractivity contribution is 5.78. The van der Waals surface area contributed by atoms with Crippen LogP contribution in [0.15, 0.2) is 0 Å². The van der Waals surface area contributed by atoms with Gasteiger partial charge in [0.15, 0.2) is 0 Å². The van der Waals surface area contributed by atoms with E-state index in [0.717, 1.165) is 32.2 Å². The van der Waals surface area contributed by atoms with Crippen LogP contribution in [0.5, 0.6) is 0 Å². The second kappa shape index (κ2) is 6.12. The van der Waals surface area contributed by atoms with Crippen LogP contribution in [0.3, 0.4) is 0 Å². The van der Waals surface area contributed by atoms with E-state index in [0.29, 0.717) is 32.8 Å². The van der Waals surface area contributed by atoms with Crippen LogP contribution < -0.4 is 0 Å². The number of nitrogens with zero attached hydrogens (tertiary/aromatic N) is 2. The summed E-state index contributed by atoms with van der Waals surface area (Å²) in [5.41, 5.74) is 0. The molecule has 2 aliphatic rings. The van der Waals surface area contributed by atoms with Crippen molar-refractivity contribution in [1.29, 1.82) is 0 Å². The molecule has 0 aromatic heterocycles. The molecule has 0 aromatic carbocycles. The van der Waals surface area contributed by atoms with Gasteiger partial charge in [0.1, 0.15) is 6.29 Å². The average molecular weight is 240 g/mol. The molecule has 0 aromatic rings. The second-order valence-corrected chi connectivity index (χ2v) is 4.77. The van der Waals surface area contributed by atoms with Gasteiger partial charge in [-0.15, -0.1) is 0 Å². The monoisotopic (exact) mass is 240 g/mol. The van der Waals surface area contributed by atoms with Crippen molar-refractivity contribution in [1.82, 2.24) is 9.80 Å². The maximum Gasteiger partial charge on any atom is 0.236 e. The number of rotatable bonds is 3. The van der Waals surface area contributed by atoms with Gasteiger partial charge < -0.3 is 14.4 Å². The number of carbonyl (C=O) groups is 2. The lowest BCUT2D eigenvalue weighted by Crippen LogP contribution is -2.47. The van der Waals surface area contributed by atoms with Crippen molar-refractivity contribution in [2.75, 3.05) is 45.9 Å². The molecule has 96 valence electrons. The van der Waals surface area contributed by atoms with Gasteiger partial charge in [-0.3, -0.25) is 9.69 Å². The predicted octanol–water partition coefficient (Wildman–Crippen LogP) is -0.244. The molecule has 0 bridgehead atoms. The Morgan fingerprint density at radius 2 is 2.06 bits per heavy atom. The van der Waals surface area contributed by atoms with Crippen LogP contribution in [0, 0.1) is 5.92 Å². The lowest BCUT2D eigenvalue weighted by Gasteiger charge is -2.33. The van der Waals surface area contributed by atoms with E-state index in [2.05, 4.69) is 4.90 Å². The van der Waals surface area contributed by atoms with Crippen LogP contribution in [0.25, 0.3) is 0 Å². The smallest absolute Gasteiger partial charge is 0.236 e. The van der Waals surface area contributed by atoms with E-state index in [4.69, 9.17) is 4.74 Å². The third-order valence-corrected chi connectivity index (χ3v) is 3.46. The summed E-state index contributed by atoms with van der Waals surface area (Å²) in [5.74, 6) is 0.279. The zero-order valence-corrected chi connectivity index (χ0v) is 10.1. The highest BCUT2D eigenvalue weighted by Gasteiger charge is 2.24. The normalized spacial score (nSPS) is 26.8. The van der Waals surface area contributed by atoms with Gasteiger partial charge in [0.25, 0.3) is 0 Å². The van der Waals surface area contributed by atoms with Gasteiger partial charge in [-0.05, 0) is 19.4 Å². The second-order valence-electron chi connectivity index (χ2n) is 4.77. The zero-order valence-electron chi connectivity index (χ0n) is 10.1. The molecule has 0 radical (unpaired) electrons. The summed E-state index contributed by atoms with van der Waals surface area (Å²) >= 11 is 0. The molecule has 2 aliphatic heterocycles. The fourth-order valence-electron chi connectivity index (χ4n) is 2.45. The maximum absolute atomic E-state index is 12.0. The number of piperidine rings is 1. The first-order valence-electron chi connectivity index (χ1n) is 6.33. The molecule has 5 nitrogen and oxygen atoms in total. The Balaban J connectivity index is 1.78. The molecule has 0 saturated carbocycles. The van der Waals surface area contributed by atoms with E-state index in [9.17, 15) is 9.59 Å². The van der Waals surface area contributed by atoms with E-state index < -0.39 is 0 Å². The number of ether oxygens (including phenoxy) is 1. The first-order chi connectivity index (χ1) is 8.29. The summed E-state index contributed by atoms with van der Waals surface area (Å²) < 4.78 is 5.22. The van der Waals surface area contributed by atoms with Crippen LogP contribution in [0.1, 0.15) is 12.8 Å². The minimum Gasteiger partial charge on any atom is -0.378 e. The highest BCUT2D eigenvalue weighted by atomic mass is 16.5. The summed E-state index contributed by atoms with van der Waals surface area (Å²) in [6.45, 7) is 4.79. The Hall–Kier alpha value is -0.940. The highest BCUT2D eigenvalue weighted by Crippen LogP contribution is 2.14. The number of carbonyl (C=O) groups excluding carboxylic acids is 2. The van der Waals surface area contributed by atoms with Crippen molar-refractivity contribution >= 4 is 12.2 Å². The third-order valence-electron chi connectivity index (χ3n) is 3.46. The van der Waals surface area contributed by atoms with Gasteiger partial charge in [-0.1, -0.05) is 0 Å². The minimum absolute atomic E-state index is 0.112. The fraction of sp³-hybridized carbons (Fsp3) is 0.833. The molecule has 1 amide bonds. The molecule has 2 heterocycles. The summed E-state index contributed by atoms with van der Waals surface area (Å²) in [5, 5.41) is 0. The Labute approximate surface area is 102 Å². The van der Waals surface area contributed by atoms with Gasteiger partial charge in [-0.2, -0.15) is 0 Å². The van der Waals surface area contributed by atoms with Crippen molar-refractivity contribution in [3.05, 3.63) is 0 Å². The average Bonchev–Trinajstić information content (AvgIpc) is 2.40. The van der Waals surface area contributed by atoms with Gasteiger partial charge >= 0.3 is 0 Å². The van der Waals surface area contributed by atoms with Gasteiger partial charge in [0.05, 0.1) is 19.8 Å². The predicted molar refractivity (Wildman–Crippen MR) is 62.6 cm³/mol. The first-order valence-corrected chi connectivity index (χ1v) is 6.33. The largest absolute Gasteiger partial charge is 0.378 e. The SMILES string of the molecule is O=CC1CCCN(CC(=O)N2CCOCC2)C1. The van der Waals surface area contributed by atoms with Crippen molar-refractivity contribution in [3.8, 4) is 0 Å². The van der Waals surface area contributed by atoms with Crippen LogP contribution >= 0.6 is 0 Å². The number of likely N-dealkylation sites (tertiary alicyclic amines) is 1. The van der Waals surface area contributed by atoms with Crippen LogP contribution in [0.2, 0.25) is 0 Å². The van der Waals surface area contributed by atoms with Crippen LogP contribution in [0.4, 0.5) is 0 Å². The zero-order chi connectivity index (χ0) is 12.1. The van der Waals surface area contributed by atoms with Crippen LogP contribution in [-0.2, 0) is 14.3 Å². The molecule has 2 fully saturated rings. The molecule has 1 unspecified atom stereocenters. The summed E-state index contributed by atoms with van der Waals surface area (Å²) in [6, 6.07) is 0. The van der Waals surface area contributed by atoms with Gasteiger partial charge in [0, 0.05) is 25.6 Å². The van der Waals surface area contributed by atoms with E-state index in [-0.39, 0.29) is 11.8 Å². The van der Waals surface area contributed by atoms with E-state index in [1.807, 2.05) is 4.90 Å². The van der Waals surface area contributed by atoms with Gasteiger partial charge in [-0.25, -0.2) is 0 Å². The van der Waals surface area contributed by atoms with Crippen LogP contribution in [-0.4, -0.2) is 67.9 Å². The Morgan fingerprint density at radius 3 is 2.76 bits per heavy atom. The fourth-order valence-corrected chi connectivity index (χ4v) is 2.45. The third kappa shape index (κ3) is 3.51. The molecule has 1 atom stereocenters. The van der Waals surface area contributed by atoms with Crippen molar-refractivity contribution in [2.45, 2.75) is 12.8 Å². The molecule has 2 saturated heterocycles. The van der Waals surface area contributed by atoms with E-state index >= 15 is 0 Å². The van der Waals surface area contributed by atoms with Crippen molar-refractivity contribution < 1.29 is 14.3 Å². The number of aldehydes is 1. The molecule has 2 rings (SSSR count).